The van der Waals surface area contributed by atoms with Crippen LogP contribution >= 0.6 is 0 Å². The molecule has 1 aromatic heterocycles. The average molecular weight is 269 g/mol. The Labute approximate surface area is 119 Å². The van der Waals surface area contributed by atoms with Crippen LogP contribution in [-0.2, 0) is 6.54 Å². The van der Waals surface area contributed by atoms with Crippen molar-refractivity contribution in [3.63, 3.8) is 0 Å². The summed E-state index contributed by atoms with van der Waals surface area (Å²) in [5.74, 6) is -0.0930. The highest BCUT2D eigenvalue weighted by Crippen LogP contribution is 2.13. The summed E-state index contributed by atoms with van der Waals surface area (Å²) in [4.78, 5) is 17.5. The molecule has 0 aliphatic carbocycles. The van der Waals surface area contributed by atoms with Crippen molar-refractivity contribution in [2.45, 2.75) is 13.5 Å². The second kappa shape index (κ2) is 6.19. The third-order valence-corrected chi connectivity index (χ3v) is 3.13. The van der Waals surface area contributed by atoms with E-state index in [9.17, 15) is 4.79 Å². The third kappa shape index (κ3) is 3.35. The minimum absolute atomic E-state index is 0.0930. The average Bonchev–Trinajstić information content (AvgIpc) is 2.46. The van der Waals surface area contributed by atoms with Crippen molar-refractivity contribution < 1.29 is 4.79 Å². The van der Waals surface area contributed by atoms with Crippen LogP contribution in [0.25, 0.3) is 0 Å². The lowest BCUT2D eigenvalue weighted by Crippen LogP contribution is -2.22. The molecule has 0 atom stereocenters. The van der Waals surface area contributed by atoms with E-state index in [1.165, 1.54) is 16.0 Å². The monoisotopic (exact) mass is 269 g/mol. The van der Waals surface area contributed by atoms with Gasteiger partial charge in [0.05, 0.1) is 0 Å². The Morgan fingerprint density at radius 2 is 2.00 bits per heavy atom. The van der Waals surface area contributed by atoms with Gasteiger partial charge in [-0.15, -0.1) is 0 Å². The van der Waals surface area contributed by atoms with Gasteiger partial charge in [0.15, 0.2) is 0 Å². The maximum atomic E-state index is 11.9. The smallest absolute Gasteiger partial charge is 0.272 e. The summed E-state index contributed by atoms with van der Waals surface area (Å²) in [6, 6.07) is 11.9. The van der Waals surface area contributed by atoms with E-state index in [2.05, 4.69) is 29.4 Å². The number of pyridine rings is 1. The van der Waals surface area contributed by atoms with Crippen molar-refractivity contribution in [2.24, 2.45) is 0 Å². The van der Waals surface area contributed by atoms with E-state index in [4.69, 9.17) is 0 Å². The summed E-state index contributed by atoms with van der Waals surface area (Å²) in [7, 11) is 3.44. The zero-order valence-corrected chi connectivity index (χ0v) is 12.1. The van der Waals surface area contributed by atoms with Gasteiger partial charge in [-0.05, 0) is 30.2 Å². The molecule has 1 N–H and O–H groups in total. The fourth-order valence-electron chi connectivity index (χ4n) is 1.89. The first kappa shape index (κ1) is 14.1. The summed E-state index contributed by atoms with van der Waals surface area (Å²) in [5.41, 5.74) is 3.83. The maximum Gasteiger partial charge on any atom is 0.272 e. The topological polar surface area (TPSA) is 45.2 Å². The lowest BCUT2D eigenvalue weighted by molar-refractivity contribution is 0.0822. The number of amides is 1. The number of nitrogens with zero attached hydrogens (tertiary/aromatic N) is 2. The van der Waals surface area contributed by atoms with Gasteiger partial charge in [-0.3, -0.25) is 9.78 Å². The molecule has 104 valence electrons. The minimum Gasteiger partial charge on any atom is -0.381 e. The largest absolute Gasteiger partial charge is 0.381 e. The normalized spacial score (nSPS) is 10.2. The third-order valence-electron chi connectivity index (χ3n) is 3.13. The number of nitrogens with one attached hydrogen (secondary N) is 1. The van der Waals surface area contributed by atoms with Crippen LogP contribution in [0.3, 0.4) is 0 Å². The Bertz CT molecular complexity index is 608. The van der Waals surface area contributed by atoms with Crippen molar-refractivity contribution >= 4 is 11.6 Å². The molecule has 2 aromatic rings. The predicted octanol–water partition coefficient (Wildman–Crippen LogP) is 2.70. The molecular weight excluding hydrogens is 250 g/mol. The first-order chi connectivity index (χ1) is 9.58. The molecule has 0 unspecified atom stereocenters. The quantitative estimate of drug-likeness (QED) is 0.928. The molecule has 0 aliphatic rings. The Balaban J connectivity index is 2.09. The fourth-order valence-corrected chi connectivity index (χ4v) is 1.89. The molecule has 0 radical (unpaired) electrons. The molecule has 0 bridgehead atoms. The number of hydrogen-bond acceptors (Lipinski definition) is 3. The van der Waals surface area contributed by atoms with Crippen LogP contribution in [0.1, 0.15) is 21.6 Å². The van der Waals surface area contributed by atoms with Gasteiger partial charge in [0.25, 0.3) is 5.91 Å². The highest BCUT2D eigenvalue weighted by Gasteiger charge is 2.09. The number of hydrogen-bond donors (Lipinski definition) is 1. The van der Waals surface area contributed by atoms with E-state index in [-0.39, 0.29) is 5.91 Å². The summed E-state index contributed by atoms with van der Waals surface area (Å²) in [5, 5.41) is 3.33. The highest BCUT2D eigenvalue weighted by molar-refractivity contribution is 5.92. The molecule has 0 fully saturated rings. The summed E-state index contributed by atoms with van der Waals surface area (Å²) >= 11 is 0. The highest BCUT2D eigenvalue weighted by atomic mass is 16.2. The van der Waals surface area contributed by atoms with Gasteiger partial charge in [0, 0.05) is 32.5 Å². The molecule has 0 spiro atoms. The standard InChI is InChI=1S/C16H19N3O/c1-12-6-4-5-7-13(12)11-18-14-8-9-17-15(10-14)16(20)19(2)3/h4-10H,11H2,1-3H3,(H,17,18). The van der Waals surface area contributed by atoms with Crippen LogP contribution in [0.5, 0.6) is 0 Å². The summed E-state index contributed by atoms with van der Waals surface area (Å²) < 4.78 is 0. The van der Waals surface area contributed by atoms with Crippen molar-refractivity contribution in [3.8, 4) is 0 Å². The number of anilines is 1. The van der Waals surface area contributed by atoms with Gasteiger partial charge < -0.3 is 10.2 Å². The van der Waals surface area contributed by atoms with E-state index in [1.54, 1.807) is 26.4 Å². The van der Waals surface area contributed by atoms with E-state index < -0.39 is 0 Å². The Hall–Kier alpha value is -2.36. The number of aryl methyl sites for hydroxylation is 1. The van der Waals surface area contributed by atoms with Gasteiger partial charge in [-0.2, -0.15) is 0 Å². The molecule has 0 saturated heterocycles. The van der Waals surface area contributed by atoms with E-state index >= 15 is 0 Å². The van der Waals surface area contributed by atoms with Crippen molar-refractivity contribution in [2.75, 3.05) is 19.4 Å². The van der Waals surface area contributed by atoms with Gasteiger partial charge in [-0.1, -0.05) is 24.3 Å². The van der Waals surface area contributed by atoms with Crippen LogP contribution in [0.4, 0.5) is 5.69 Å². The fraction of sp³-hybridized carbons (Fsp3) is 0.250. The van der Waals surface area contributed by atoms with Crippen LogP contribution < -0.4 is 5.32 Å². The van der Waals surface area contributed by atoms with Crippen LogP contribution in [0.2, 0.25) is 0 Å². The van der Waals surface area contributed by atoms with Crippen molar-refractivity contribution in [1.29, 1.82) is 0 Å². The Kier molecular flexibility index (Phi) is 4.35. The van der Waals surface area contributed by atoms with Crippen LogP contribution in [0, 0.1) is 6.92 Å². The minimum atomic E-state index is -0.0930. The Morgan fingerprint density at radius 1 is 1.25 bits per heavy atom. The SMILES string of the molecule is Cc1ccccc1CNc1ccnc(C(=O)N(C)C)c1. The number of aromatic nitrogens is 1. The molecular formula is C16H19N3O. The Morgan fingerprint density at radius 3 is 2.70 bits per heavy atom. The van der Waals surface area contributed by atoms with Crippen LogP contribution in [-0.4, -0.2) is 29.9 Å². The second-order valence-electron chi connectivity index (χ2n) is 4.91. The zero-order valence-electron chi connectivity index (χ0n) is 12.1. The van der Waals surface area contributed by atoms with Crippen LogP contribution in [0.15, 0.2) is 42.6 Å². The van der Waals surface area contributed by atoms with E-state index in [1.807, 2.05) is 18.2 Å². The second-order valence-corrected chi connectivity index (χ2v) is 4.91. The van der Waals surface area contributed by atoms with Crippen molar-refractivity contribution in [3.05, 3.63) is 59.4 Å². The number of rotatable bonds is 4. The lowest BCUT2D eigenvalue weighted by Gasteiger charge is -2.12. The van der Waals surface area contributed by atoms with Gasteiger partial charge in [0.1, 0.15) is 5.69 Å². The number of benzene rings is 1. The zero-order chi connectivity index (χ0) is 14.5. The van der Waals surface area contributed by atoms with Gasteiger partial charge in [0.2, 0.25) is 0 Å². The first-order valence-electron chi connectivity index (χ1n) is 6.54. The molecule has 0 saturated carbocycles. The molecule has 1 amide bonds. The predicted molar refractivity (Wildman–Crippen MR) is 80.8 cm³/mol. The molecule has 1 aromatic carbocycles. The summed E-state index contributed by atoms with van der Waals surface area (Å²) in [6.45, 7) is 2.82. The molecule has 4 nitrogen and oxygen atoms in total. The van der Waals surface area contributed by atoms with E-state index in [0.717, 1.165) is 12.2 Å². The number of carbonyl (C=O) groups excluding carboxylic acids is 1. The maximum absolute atomic E-state index is 11.9. The molecule has 4 heteroatoms. The van der Waals surface area contributed by atoms with Crippen molar-refractivity contribution in [1.82, 2.24) is 9.88 Å². The molecule has 1 heterocycles. The molecule has 0 aliphatic heterocycles. The van der Waals surface area contributed by atoms with Gasteiger partial charge >= 0.3 is 0 Å². The van der Waals surface area contributed by atoms with E-state index in [0.29, 0.717) is 5.69 Å². The summed E-state index contributed by atoms with van der Waals surface area (Å²) in [6.07, 6.45) is 1.65. The number of carbonyl (C=O) groups is 1. The first-order valence-corrected chi connectivity index (χ1v) is 6.54. The molecule has 2 rings (SSSR count). The van der Waals surface area contributed by atoms with Gasteiger partial charge in [-0.25, -0.2) is 0 Å². The molecule has 20 heavy (non-hydrogen) atoms. The lowest BCUT2D eigenvalue weighted by atomic mass is 10.1.